The van der Waals surface area contributed by atoms with Gasteiger partial charge in [-0.2, -0.15) is 0 Å². The van der Waals surface area contributed by atoms with Crippen molar-refractivity contribution in [3.8, 4) is 0 Å². The summed E-state index contributed by atoms with van der Waals surface area (Å²) < 4.78 is 27.7. The summed E-state index contributed by atoms with van der Waals surface area (Å²) in [5.74, 6) is -3.54. The zero-order valence-corrected chi connectivity index (χ0v) is 11.7. The Morgan fingerprint density at radius 2 is 1.90 bits per heavy atom. The molecule has 0 bridgehead atoms. The van der Waals surface area contributed by atoms with Gasteiger partial charge in [-0.1, -0.05) is 34.1 Å². The largest absolute Gasteiger partial charge is 0.479 e. The van der Waals surface area contributed by atoms with Gasteiger partial charge in [0.2, 0.25) is 0 Å². The van der Waals surface area contributed by atoms with Crippen LogP contribution in [-0.2, 0) is 4.79 Å². The number of halogens is 3. The van der Waals surface area contributed by atoms with Crippen LogP contribution in [0.15, 0.2) is 46.9 Å². The lowest BCUT2D eigenvalue weighted by atomic mass is 10.1. The van der Waals surface area contributed by atoms with Gasteiger partial charge in [-0.15, -0.1) is 0 Å². The van der Waals surface area contributed by atoms with Gasteiger partial charge in [0.05, 0.1) is 0 Å². The molecular formula is C14H10BrF2NO2. The molecule has 2 aromatic carbocycles. The van der Waals surface area contributed by atoms with E-state index in [4.69, 9.17) is 0 Å². The molecule has 0 aliphatic carbocycles. The van der Waals surface area contributed by atoms with Gasteiger partial charge in [-0.3, -0.25) is 0 Å². The zero-order chi connectivity index (χ0) is 14.7. The Kier molecular flexibility index (Phi) is 4.34. The van der Waals surface area contributed by atoms with E-state index in [2.05, 4.69) is 21.2 Å². The van der Waals surface area contributed by atoms with Crippen LogP contribution in [0.5, 0.6) is 0 Å². The average molecular weight is 342 g/mol. The molecule has 0 aliphatic heterocycles. The smallest absolute Gasteiger partial charge is 0.330 e. The van der Waals surface area contributed by atoms with Crippen LogP contribution in [0.4, 0.5) is 14.5 Å². The first-order valence-corrected chi connectivity index (χ1v) is 6.47. The monoisotopic (exact) mass is 341 g/mol. The number of hydrogen-bond acceptors (Lipinski definition) is 2. The van der Waals surface area contributed by atoms with Crippen LogP contribution in [0.2, 0.25) is 0 Å². The third-order valence-corrected chi connectivity index (χ3v) is 3.17. The Balaban J connectivity index is 2.37. The fourth-order valence-electron chi connectivity index (χ4n) is 1.76. The Bertz CT molecular complexity index is 649. The molecule has 2 rings (SSSR count). The molecule has 0 fully saturated rings. The summed E-state index contributed by atoms with van der Waals surface area (Å²) in [7, 11) is 0. The maximum atomic E-state index is 13.7. The molecule has 6 heteroatoms. The molecule has 0 aliphatic rings. The summed E-state index contributed by atoms with van der Waals surface area (Å²) in [6.45, 7) is 0. The van der Waals surface area contributed by atoms with Gasteiger partial charge in [-0.25, -0.2) is 13.6 Å². The number of rotatable bonds is 4. The molecule has 104 valence electrons. The summed E-state index contributed by atoms with van der Waals surface area (Å²) in [6, 6.07) is 8.83. The summed E-state index contributed by atoms with van der Waals surface area (Å²) >= 11 is 3.25. The topological polar surface area (TPSA) is 49.3 Å². The lowest BCUT2D eigenvalue weighted by Crippen LogP contribution is -2.22. The van der Waals surface area contributed by atoms with Gasteiger partial charge in [-0.05, 0) is 24.3 Å². The predicted octanol–water partition coefficient (Wildman–Crippen LogP) is 3.97. The first-order valence-electron chi connectivity index (χ1n) is 5.68. The molecule has 0 spiro atoms. The van der Waals surface area contributed by atoms with Gasteiger partial charge in [0.1, 0.15) is 0 Å². The lowest BCUT2D eigenvalue weighted by Gasteiger charge is -2.17. The molecule has 0 saturated carbocycles. The Morgan fingerprint density at radius 1 is 1.20 bits per heavy atom. The Morgan fingerprint density at radius 3 is 2.55 bits per heavy atom. The minimum absolute atomic E-state index is 0.252. The standard InChI is InChI=1S/C14H10BrF2NO2/c15-8-3-1-4-9(7-8)18-13(14(19)20)10-5-2-6-11(16)12(10)17/h1-7,13,18H,(H,19,20). The number of hydrogen-bond donors (Lipinski definition) is 2. The molecule has 3 nitrogen and oxygen atoms in total. The molecule has 0 amide bonds. The third kappa shape index (κ3) is 3.14. The second-order valence-corrected chi connectivity index (χ2v) is 4.98. The van der Waals surface area contributed by atoms with Crippen molar-refractivity contribution in [2.45, 2.75) is 6.04 Å². The van der Waals surface area contributed by atoms with Crippen LogP contribution in [0.1, 0.15) is 11.6 Å². The molecule has 1 unspecified atom stereocenters. The third-order valence-electron chi connectivity index (χ3n) is 2.68. The van der Waals surface area contributed by atoms with Crippen molar-refractivity contribution in [2.75, 3.05) is 5.32 Å². The number of anilines is 1. The first kappa shape index (κ1) is 14.5. The van der Waals surface area contributed by atoms with E-state index in [0.717, 1.165) is 10.5 Å². The second-order valence-electron chi connectivity index (χ2n) is 4.07. The summed E-state index contributed by atoms with van der Waals surface area (Å²) in [5, 5.41) is 11.9. The highest BCUT2D eigenvalue weighted by molar-refractivity contribution is 9.10. The van der Waals surface area contributed by atoms with Gasteiger partial charge < -0.3 is 10.4 Å². The van der Waals surface area contributed by atoms with Crippen LogP contribution < -0.4 is 5.32 Å². The molecule has 0 saturated heterocycles. The minimum atomic E-state index is -1.38. The van der Waals surface area contributed by atoms with E-state index in [1.165, 1.54) is 12.1 Å². The Labute approximate surface area is 122 Å². The highest BCUT2D eigenvalue weighted by Gasteiger charge is 2.24. The second kappa shape index (κ2) is 6.00. The number of carboxylic acids is 1. The van der Waals surface area contributed by atoms with Crippen molar-refractivity contribution in [1.29, 1.82) is 0 Å². The van der Waals surface area contributed by atoms with Crippen molar-refractivity contribution in [2.24, 2.45) is 0 Å². The Hall–Kier alpha value is -1.95. The van der Waals surface area contributed by atoms with Crippen molar-refractivity contribution in [3.63, 3.8) is 0 Å². The van der Waals surface area contributed by atoms with Crippen LogP contribution >= 0.6 is 15.9 Å². The highest BCUT2D eigenvalue weighted by Crippen LogP contribution is 2.25. The van der Waals surface area contributed by atoms with Crippen LogP contribution in [0.25, 0.3) is 0 Å². The van der Waals surface area contributed by atoms with Gasteiger partial charge in [0, 0.05) is 15.7 Å². The lowest BCUT2D eigenvalue weighted by molar-refractivity contribution is -0.138. The highest BCUT2D eigenvalue weighted by atomic mass is 79.9. The van der Waals surface area contributed by atoms with E-state index in [1.807, 2.05) is 0 Å². The van der Waals surface area contributed by atoms with E-state index < -0.39 is 23.6 Å². The summed E-state index contributed by atoms with van der Waals surface area (Å²) in [6.07, 6.45) is 0. The summed E-state index contributed by atoms with van der Waals surface area (Å²) in [4.78, 5) is 11.3. The SMILES string of the molecule is O=C(O)C(Nc1cccc(Br)c1)c1cccc(F)c1F. The van der Waals surface area contributed by atoms with Crippen LogP contribution in [0, 0.1) is 11.6 Å². The van der Waals surface area contributed by atoms with E-state index in [1.54, 1.807) is 24.3 Å². The van der Waals surface area contributed by atoms with Gasteiger partial charge >= 0.3 is 5.97 Å². The number of nitrogens with one attached hydrogen (secondary N) is 1. The fraction of sp³-hybridized carbons (Fsp3) is 0.0714. The fourth-order valence-corrected chi connectivity index (χ4v) is 2.16. The predicted molar refractivity (Wildman–Crippen MR) is 74.5 cm³/mol. The van der Waals surface area contributed by atoms with Crippen molar-refractivity contribution in [1.82, 2.24) is 0 Å². The summed E-state index contributed by atoms with van der Waals surface area (Å²) in [5.41, 5.74) is 0.230. The molecule has 0 aromatic heterocycles. The van der Waals surface area contributed by atoms with E-state index in [-0.39, 0.29) is 5.56 Å². The molecule has 0 heterocycles. The average Bonchev–Trinajstić information content (AvgIpc) is 2.39. The number of carboxylic acid groups (broad SMARTS) is 1. The molecule has 20 heavy (non-hydrogen) atoms. The maximum Gasteiger partial charge on any atom is 0.330 e. The normalized spacial score (nSPS) is 11.9. The molecule has 2 aromatic rings. The quantitative estimate of drug-likeness (QED) is 0.884. The van der Waals surface area contributed by atoms with Gasteiger partial charge in [0.25, 0.3) is 0 Å². The van der Waals surface area contributed by atoms with E-state index in [9.17, 15) is 18.7 Å². The molecule has 0 radical (unpaired) electrons. The van der Waals surface area contributed by atoms with E-state index in [0.29, 0.717) is 5.69 Å². The van der Waals surface area contributed by atoms with E-state index >= 15 is 0 Å². The van der Waals surface area contributed by atoms with Crippen LogP contribution in [0.3, 0.4) is 0 Å². The molecular weight excluding hydrogens is 332 g/mol. The first-order chi connectivity index (χ1) is 9.49. The van der Waals surface area contributed by atoms with Crippen molar-refractivity contribution >= 4 is 27.6 Å². The molecule has 2 N–H and O–H groups in total. The number of benzene rings is 2. The van der Waals surface area contributed by atoms with Gasteiger partial charge in [0.15, 0.2) is 17.7 Å². The van der Waals surface area contributed by atoms with Crippen molar-refractivity contribution in [3.05, 3.63) is 64.1 Å². The van der Waals surface area contributed by atoms with Crippen LogP contribution in [-0.4, -0.2) is 11.1 Å². The number of aliphatic carboxylic acids is 1. The molecule has 1 atom stereocenters. The minimum Gasteiger partial charge on any atom is -0.479 e. The van der Waals surface area contributed by atoms with Crippen molar-refractivity contribution < 1.29 is 18.7 Å². The maximum absolute atomic E-state index is 13.7. The zero-order valence-electron chi connectivity index (χ0n) is 10.1. The number of carbonyl (C=O) groups is 1.